The fraction of sp³-hybridized carbons (Fsp3) is 0. The highest BCUT2D eigenvalue weighted by Crippen LogP contribution is 2.44. The number of aromatic nitrogens is 2. The van der Waals surface area contributed by atoms with E-state index in [9.17, 15) is 4.79 Å². The molecular weight excluding hydrogens is 657 g/mol. The molecule has 0 amide bonds. The summed E-state index contributed by atoms with van der Waals surface area (Å²) in [7, 11) is 0. The number of nitrogens with zero attached hydrogens (tertiary/aromatic N) is 2. The van der Waals surface area contributed by atoms with E-state index in [1.165, 1.54) is 27.4 Å². The van der Waals surface area contributed by atoms with Gasteiger partial charge in [0.2, 0.25) is 0 Å². The summed E-state index contributed by atoms with van der Waals surface area (Å²) in [6, 6.07) is 68.3. The molecule has 0 spiro atoms. The fourth-order valence-electron chi connectivity index (χ4n) is 8.77. The Morgan fingerprint density at radius 1 is 0.296 bits per heavy atom. The predicted octanol–water partition coefficient (Wildman–Crippen LogP) is 12.9. The van der Waals surface area contributed by atoms with Gasteiger partial charge in [0, 0.05) is 38.0 Å². The quantitative estimate of drug-likeness (QED) is 0.134. The van der Waals surface area contributed by atoms with Crippen LogP contribution in [0.4, 0.5) is 0 Å². The van der Waals surface area contributed by atoms with Crippen molar-refractivity contribution in [2.75, 3.05) is 0 Å². The van der Waals surface area contributed by atoms with Crippen LogP contribution in [0, 0.1) is 0 Å². The van der Waals surface area contributed by atoms with E-state index in [0.717, 1.165) is 65.9 Å². The van der Waals surface area contributed by atoms with Gasteiger partial charge in [0.15, 0.2) is 0 Å². The minimum atomic E-state index is -0.0158. The molecule has 0 aliphatic heterocycles. The first kappa shape index (κ1) is 30.4. The first-order valence-corrected chi connectivity index (χ1v) is 18.4. The molecule has 0 unspecified atom stereocenters. The Bertz CT molecular complexity index is 3290. The second-order valence-electron chi connectivity index (χ2n) is 14.0. The Kier molecular flexibility index (Phi) is 6.70. The Hall–Kier alpha value is -7.23. The zero-order chi connectivity index (χ0) is 35.8. The van der Waals surface area contributed by atoms with Crippen molar-refractivity contribution in [2.24, 2.45) is 0 Å². The number of pyridine rings is 1. The lowest BCUT2D eigenvalue weighted by molar-refractivity contribution is 1.08. The van der Waals surface area contributed by atoms with Crippen LogP contribution >= 0.6 is 0 Å². The van der Waals surface area contributed by atoms with Crippen molar-refractivity contribution < 1.29 is 0 Å². The molecule has 2 aromatic heterocycles. The number of para-hydroxylation sites is 2. The van der Waals surface area contributed by atoms with Crippen LogP contribution < -0.4 is 5.56 Å². The maximum Gasteiger partial charge on any atom is 0.263 e. The number of hydrogen-bond acceptors (Lipinski definition) is 1. The lowest BCUT2D eigenvalue weighted by Crippen LogP contribution is -2.20. The summed E-state index contributed by atoms with van der Waals surface area (Å²) in [6.07, 6.45) is 0. The van der Waals surface area contributed by atoms with Gasteiger partial charge >= 0.3 is 0 Å². The smallest absolute Gasteiger partial charge is 0.263 e. The van der Waals surface area contributed by atoms with E-state index in [-0.39, 0.29) is 5.56 Å². The topological polar surface area (TPSA) is 26.9 Å². The molecule has 11 aromatic rings. The van der Waals surface area contributed by atoms with Gasteiger partial charge in [-0.1, -0.05) is 152 Å². The van der Waals surface area contributed by atoms with Crippen LogP contribution in [0.25, 0.3) is 98.7 Å². The van der Waals surface area contributed by atoms with Gasteiger partial charge < -0.3 is 4.57 Å². The fourth-order valence-corrected chi connectivity index (χ4v) is 8.77. The third-order valence-corrected chi connectivity index (χ3v) is 11.1. The highest BCUT2D eigenvalue weighted by atomic mass is 16.1. The second kappa shape index (κ2) is 11.9. The van der Waals surface area contributed by atoms with Crippen LogP contribution in [0.2, 0.25) is 0 Å². The molecule has 0 fully saturated rings. The van der Waals surface area contributed by atoms with E-state index >= 15 is 0 Å². The maximum atomic E-state index is 14.6. The molecule has 0 radical (unpaired) electrons. The molecule has 252 valence electrons. The molecule has 3 heteroatoms. The third-order valence-electron chi connectivity index (χ3n) is 11.1. The van der Waals surface area contributed by atoms with Crippen molar-refractivity contribution in [3.05, 3.63) is 204 Å². The largest absolute Gasteiger partial charge is 0.309 e. The standard InChI is InChI=1S/C51H32N2O/c54-51-44-26-9-4-19-37(44)38-20-10-13-28-47(38)53(51)50-42-24-7-5-22-40(42)49(41-23-6-8-25-43(41)50)35-29-30-48-45(32-35)39-21-11-12-27-46(39)52(48)36-18-14-17-34(31-36)33-15-2-1-3-16-33/h1-32H. The highest BCUT2D eigenvalue weighted by Gasteiger charge is 2.21. The Morgan fingerprint density at radius 3 is 1.48 bits per heavy atom. The highest BCUT2D eigenvalue weighted by molar-refractivity contribution is 6.20. The lowest BCUT2D eigenvalue weighted by atomic mass is 9.89. The minimum Gasteiger partial charge on any atom is -0.309 e. The van der Waals surface area contributed by atoms with Crippen LogP contribution in [0.3, 0.4) is 0 Å². The van der Waals surface area contributed by atoms with Crippen LogP contribution in [0.5, 0.6) is 0 Å². The lowest BCUT2D eigenvalue weighted by Gasteiger charge is -2.21. The van der Waals surface area contributed by atoms with Gasteiger partial charge in [0.05, 0.1) is 22.2 Å². The molecular formula is C51H32N2O. The van der Waals surface area contributed by atoms with E-state index in [1.54, 1.807) is 0 Å². The van der Waals surface area contributed by atoms with Crippen molar-refractivity contribution >= 4 is 65.0 Å². The van der Waals surface area contributed by atoms with E-state index in [2.05, 4.69) is 174 Å². The summed E-state index contributed by atoms with van der Waals surface area (Å²) in [5.41, 5.74) is 9.93. The van der Waals surface area contributed by atoms with Gasteiger partial charge in [0.1, 0.15) is 0 Å². The van der Waals surface area contributed by atoms with Crippen molar-refractivity contribution in [3.63, 3.8) is 0 Å². The van der Waals surface area contributed by atoms with Gasteiger partial charge in [-0.2, -0.15) is 0 Å². The summed E-state index contributed by atoms with van der Waals surface area (Å²) in [6.45, 7) is 0. The Balaban J connectivity index is 1.20. The average Bonchev–Trinajstić information content (AvgIpc) is 3.57. The molecule has 0 saturated heterocycles. The summed E-state index contributed by atoms with van der Waals surface area (Å²) in [5.74, 6) is 0. The molecule has 2 heterocycles. The van der Waals surface area contributed by atoms with E-state index < -0.39 is 0 Å². The number of hydrogen-bond donors (Lipinski definition) is 0. The van der Waals surface area contributed by atoms with Crippen LogP contribution in [0.15, 0.2) is 199 Å². The van der Waals surface area contributed by atoms with Gasteiger partial charge in [0.25, 0.3) is 5.56 Å². The molecule has 0 atom stereocenters. The molecule has 3 nitrogen and oxygen atoms in total. The van der Waals surface area contributed by atoms with Crippen molar-refractivity contribution in [1.29, 1.82) is 0 Å². The molecule has 0 saturated carbocycles. The van der Waals surface area contributed by atoms with Crippen LogP contribution in [-0.4, -0.2) is 9.13 Å². The minimum absolute atomic E-state index is 0.0158. The normalized spacial score (nSPS) is 11.8. The number of fused-ring (bicyclic) bond motifs is 8. The Morgan fingerprint density at radius 2 is 0.796 bits per heavy atom. The molecule has 0 aliphatic rings. The molecule has 54 heavy (non-hydrogen) atoms. The first-order valence-electron chi connectivity index (χ1n) is 18.4. The first-order chi connectivity index (χ1) is 26.7. The summed E-state index contributed by atoms with van der Waals surface area (Å²) in [5, 5.41) is 9.43. The average molecular weight is 689 g/mol. The van der Waals surface area contributed by atoms with E-state index in [1.807, 2.05) is 28.8 Å². The van der Waals surface area contributed by atoms with Gasteiger partial charge in [-0.3, -0.25) is 9.36 Å². The SMILES string of the molecule is O=c1c2ccccc2c2ccccc2n1-c1c2ccccc2c(-c2ccc3c(c2)c2ccccc2n3-c2cccc(-c3ccccc3)c2)c2ccccc12. The molecule has 0 bridgehead atoms. The van der Waals surface area contributed by atoms with Gasteiger partial charge in [-0.25, -0.2) is 0 Å². The molecule has 9 aromatic carbocycles. The van der Waals surface area contributed by atoms with Crippen molar-refractivity contribution in [2.45, 2.75) is 0 Å². The van der Waals surface area contributed by atoms with Crippen LogP contribution in [0.1, 0.15) is 0 Å². The third kappa shape index (κ3) is 4.45. The number of rotatable bonds is 4. The monoisotopic (exact) mass is 688 g/mol. The van der Waals surface area contributed by atoms with Crippen molar-refractivity contribution in [3.8, 4) is 33.6 Å². The second-order valence-corrected chi connectivity index (χ2v) is 14.0. The van der Waals surface area contributed by atoms with Crippen LogP contribution in [-0.2, 0) is 0 Å². The molecule has 0 aliphatic carbocycles. The Labute approximate surface area is 311 Å². The zero-order valence-electron chi connectivity index (χ0n) is 29.3. The zero-order valence-corrected chi connectivity index (χ0v) is 29.3. The molecule has 11 rings (SSSR count). The predicted molar refractivity (Wildman–Crippen MR) is 227 cm³/mol. The summed E-state index contributed by atoms with van der Waals surface area (Å²) < 4.78 is 4.34. The van der Waals surface area contributed by atoms with Gasteiger partial charge in [-0.05, 0) is 80.9 Å². The number of benzene rings is 9. The maximum absolute atomic E-state index is 14.6. The van der Waals surface area contributed by atoms with E-state index in [4.69, 9.17) is 0 Å². The molecule has 0 N–H and O–H groups in total. The summed E-state index contributed by atoms with van der Waals surface area (Å²) in [4.78, 5) is 14.6. The van der Waals surface area contributed by atoms with Crippen molar-refractivity contribution in [1.82, 2.24) is 9.13 Å². The summed E-state index contributed by atoms with van der Waals surface area (Å²) >= 11 is 0. The van der Waals surface area contributed by atoms with Gasteiger partial charge in [-0.15, -0.1) is 0 Å². The van der Waals surface area contributed by atoms with E-state index in [0.29, 0.717) is 5.39 Å².